The molecular formula is C18H17FN2O6. The molecule has 1 atom stereocenters. The maximum Gasteiger partial charge on any atom is 0.269 e. The molecule has 0 aliphatic carbocycles. The maximum atomic E-state index is 14.6. The van der Waals surface area contributed by atoms with Crippen LogP contribution < -0.4 is 19.5 Å². The van der Waals surface area contributed by atoms with E-state index in [1.54, 1.807) is 6.07 Å². The Labute approximate surface area is 154 Å². The Morgan fingerprint density at radius 2 is 1.85 bits per heavy atom. The predicted molar refractivity (Wildman–Crippen MR) is 94.2 cm³/mol. The van der Waals surface area contributed by atoms with Crippen molar-refractivity contribution in [3.63, 3.8) is 0 Å². The number of halogens is 1. The van der Waals surface area contributed by atoms with Crippen LogP contribution in [0.4, 0.5) is 15.8 Å². The third kappa shape index (κ3) is 3.12. The van der Waals surface area contributed by atoms with Crippen molar-refractivity contribution in [3.8, 4) is 17.2 Å². The number of anilines is 1. The summed E-state index contributed by atoms with van der Waals surface area (Å²) in [6.07, 6.45) is -0.100. The van der Waals surface area contributed by atoms with Crippen molar-refractivity contribution in [3.05, 3.63) is 51.3 Å². The van der Waals surface area contributed by atoms with Gasteiger partial charge in [-0.3, -0.25) is 14.9 Å². The first-order chi connectivity index (χ1) is 12.9. The van der Waals surface area contributed by atoms with Gasteiger partial charge in [-0.05, 0) is 6.07 Å². The summed E-state index contributed by atoms with van der Waals surface area (Å²) in [4.78, 5) is 22.7. The Morgan fingerprint density at radius 3 is 2.44 bits per heavy atom. The molecule has 0 radical (unpaired) electrons. The molecule has 0 saturated heterocycles. The molecule has 3 rings (SSSR count). The Bertz CT molecular complexity index is 931. The number of rotatable bonds is 5. The van der Waals surface area contributed by atoms with E-state index in [9.17, 15) is 19.3 Å². The molecule has 2 aromatic carbocycles. The van der Waals surface area contributed by atoms with Gasteiger partial charge in [-0.15, -0.1) is 0 Å². The quantitative estimate of drug-likeness (QED) is 0.635. The summed E-state index contributed by atoms with van der Waals surface area (Å²) in [6.45, 7) is 0. The lowest BCUT2D eigenvalue weighted by atomic mass is 9.83. The molecule has 8 nitrogen and oxygen atoms in total. The number of carbonyl (C=O) groups excluding carboxylic acids is 1. The van der Waals surface area contributed by atoms with Crippen molar-refractivity contribution in [1.82, 2.24) is 0 Å². The molecule has 1 amide bonds. The zero-order valence-electron chi connectivity index (χ0n) is 14.9. The molecule has 0 saturated carbocycles. The number of benzene rings is 2. The lowest BCUT2D eigenvalue weighted by molar-refractivity contribution is -0.385. The minimum Gasteiger partial charge on any atom is -0.493 e. The molecule has 27 heavy (non-hydrogen) atoms. The summed E-state index contributed by atoms with van der Waals surface area (Å²) in [5.41, 5.74) is 0.606. The van der Waals surface area contributed by atoms with Crippen LogP contribution in [0.5, 0.6) is 17.2 Å². The fourth-order valence-corrected chi connectivity index (χ4v) is 3.29. The van der Waals surface area contributed by atoms with Crippen molar-refractivity contribution < 1.29 is 28.3 Å². The Balaban J connectivity index is 2.29. The van der Waals surface area contributed by atoms with Crippen LogP contribution in [0.3, 0.4) is 0 Å². The summed E-state index contributed by atoms with van der Waals surface area (Å²) < 4.78 is 30.7. The molecule has 0 spiro atoms. The largest absolute Gasteiger partial charge is 0.493 e. The average molecular weight is 376 g/mol. The van der Waals surface area contributed by atoms with Crippen molar-refractivity contribution >= 4 is 17.3 Å². The van der Waals surface area contributed by atoms with E-state index in [4.69, 9.17) is 14.2 Å². The summed E-state index contributed by atoms with van der Waals surface area (Å²) in [6, 6.07) is 4.79. The number of hydrogen-bond donors (Lipinski definition) is 1. The molecule has 1 aliphatic rings. The lowest BCUT2D eigenvalue weighted by Crippen LogP contribution is -2.25. The molecular weight excluding hydrogens is 359 g/mol. The number of non-ortho nitro benzene ring substituents is 1. The fourth-order valence-electron chi connectivity index (χ4n) is 3.29. The van der Waals surface area contributed by atoms with Gasteiger partial charge in [-0.2, -0.15) is 0 Å². The van der Waals surface area contributed by atoms with Gasteiger partial charge in [0.05, 0.1) is 31.9 Å². The molecule has 0 bridgehead atoms. The van der Waals surface area contributed by atoms with E-state index in [1.165, 1.54) is 21.3 Å². The first-order valence-electron chi connectivity index (χ1n) is 7.97. The van der Waals surface area contributed by atoms with Crippen LogP contribution >= 0.6 is 0 Å². The summed E-state index contributed by atoms with van der Waals surface area (Å²) in [5.74, 6) is -0.916. The van der Waals surface area contributed by atoms with Gasteiger partial charge in [0.25, 0.3) is 5.69 Å². The monoisotopic (exact) mass is 376 g/mol. The SMILES string of the molecule is COc1cc2c(c(OC)c1OC)C(c1cc([N+](=O)[O-])ccc1F)CC(=O)N2. The number of nitro groups is 1. The number of methoxy groups -OCH3 is 3. The number of nitro benzene ring substituents is 1. The Kier molecular flexibility index (Phi) is 4.85. The second-order valence-corrected chi connectivity index (χ2v) is 5.87. The average Bonchev–Trinajstić information content (AvgIpc) is 2.65. The number of fused-ring (bicyclic) bond motifs is 1. The van der Waals surface area contributed by atoms with Gasteiger partial charge in [0, 0.05) is 41.7 Å². The first kappa shape index (κ1) is 18.4. The van der Waals surface area contributed by atoms with Gasteiger partial charge in [0.2, 0.25) is 11.7 Å². The second kappa shape index (κ2) is 7.10. The van der Waals surface area contributed by atoms with E-state index in [-0.39, 0.29) is 35.1 Å². The third-order valence-electron chi connectivity index (χ3n) is 4.45. The zero-order valence-corrected chi connectivity index (χ0v) is 14.9. The highest BCUT2D eigenvalue weighted by molar-refractivity contribution is 5.97. The molecule has 1 unspecified atom stereocenters. The summed E-state index contributed by atoms with van der Waals surface area (Å²) >= 11 is 0. The smallest absolute Gasteiger partial charge is 0.269 e. The minimum atomic E-state index is -0.789. The van der Waals surface area contributed by atoms with Crippen molar-refractivity contribution in [2.75, 3.05) is 26.6 Å². The molecule has 2 aromatic rings. The van der Waals surface area contributed by atoms with E-state index < -0.39 is 16.7 Å². The van der Waals surface area contributed by atoms with Crippen LogP contribution in [0, 0.1) is 15.9 Å². The van der Waals surface area contributed by atoms with E-state index in [0.29, 0.717) is 17.0 Å². The summed E-state index contributed by atoms with van der Waals surface area (Å²) in [7, 11) is 4.28. The van der Waals surface area contributed by atoms with Crippen LogP contribution in [0.1, 0.15) is 23.5 Å². The van der Waals surface area contributed by atoms with Crippen LogP contribution in [0.15, 0.2) is 24.3 Å². The van der Waals surface area contributed by atoms with E-state index in [1.807, 2.05) is 0 Å². The highest BCUT2D eigenvalue weighted by Gasteiger charge is 2.35. The lowest BCUT2D eigenvalue weighted by Gasteiger charge is -2.29. The Morgan fingerprint density at radius 1 is 1.15 bits per heavy atom. The normalized spacial score (nSPS) is 15.6. The van der Waals surface area contributed by atoms with Gasteiger partial charge in [-0.1, -0.05) is 0 Å². The number of nitrogens with one attached hydrogen (secondary N) is 1. The fraction of sp³-hybridized carbons (Fsp3) is 0.278. The molecule has 9 heteroatoms. The number of hydrogen-bond acceptors (Lipinski definition) is 6. The van der Waals surface area contributed by atoms with Crippen molar-refractivity contribution in [2.24, 2.45) is 0 Å². The highest BCUT2D eigenvalue weighted by atomic mass is 19.1. The molecule has 1 N–H and O–H groups in total. The standard InChI is InChI=1S/C18H17FN2O6/c1-25-14-8-13-16(18(27-3)17(14)26-2)11(7-15(22)20-13)10-6-9(21(23)24)4-5-12(10)19/h4-6,8,11H,7H2,1-3H3,(H,20,22). The number of nitrogens with zero attached hydrogens (tertiary/aromatic N) is 1. The van der Waals surface area contributed by atoms with Gasteiger partial charge >= 0.3 is 0 Å². The zero-order chi connectivity index (χ0) is 19.7. The van der Waals surface area contributed by atoms with Crippen molar-refractivity contribution in [2.45, 2.75) is 12.3 Å². The molecule has 0 aromatic heterocycles. The van der Waals surface area contributed by atoms with Crippen LogP contribution in [0.2, 0.25) is 0 Å². The Hall–Kier alpha value is -3.36. The van der Waals surface area contributed by atoms with Gasteiger partial charge in [0.15, 0.2) is 11.5 Å². The van der Waals surface area contributed by atoms with Gasteiger partial charge < -0.3 is 19.5 Å². The summed E-state index contributed by atoms with van der Waals surface area (Å²) in [5, 5.41) is 13.8. The first-order valence-corrected chi connectivity index (χ1v) is 7.97. The van der Waals surface area contributed by atoms with E-state index in [0.717, 1.165) is 18.2 Å². The number of amides is 1. The minimum absolute atomic E-state index is 0.0332. The predicted octanol–water partition coefficient (Wildman–Crippen LogP) is 3.23. The second-order valence-electron chi connectivity index (χ2n) is 5.87. The number of ether oxygens (including phenoxy) is 3. The van der Waals surface area contributed by atoms with Gasteiger partial charge in [0.1, 0.15) is 5.82 Å². The third-order valence-corrected chi connectivity index (χ3v) is 4.45. The van der Waals surface area contributed by atoms with Gasteiger partial charge in [-0.25, -0.2) is 4.39 Å². The van der Waals surface area contributed by atoms with Crippen LogP contribution in [-0.4, -0.2) is 32.2 Å². The molecule has 142 valence electrons. The molecule has 1 heterocycles. The van der Waals surface area contributed by atoms with Crippen LogP contribution in [0.25, 0.3) is 0 Å². The topological polar surface area (TPSA) is 99.9 Å². The van der Waals surface area contributed by atoms with E-state index >= 15 is 0 Å². The number of carbonyl (C=O) groups is 1. The maximum absolute atomic E-state index is 14.6. The molecule has 0 fully saturated rings. The van der Waals surface area contributed by atoms with Crippen LogP contribution in [-0.2, 0) is 4.79 Å². The molecule has 1 aliphatic heterocycles. The highest BCUT2D eigenvalue weighted by Crippen LogP contribution is 2.51. The van der Waals surface area contributed by atoms with Crippen molar-refractivity contribution in [1.29, 1.82) is 0 Å². The van der Waals surface area contributed by atoms with E-state index in [2.05, 4.69) is 5.32 Å².